The molecule has 0 aliphatic heterocycles. The summed E-state index contributed by atoms with van der Waals surface area (Å²) >= 11 is 0. The fourth-order valence-corrected chi connectivity index (χ4v) is 5.88. The maximum Gasteiger partial charge on any atom is 0.308 e. The maximum absolute atomic E-state index is 14.4. The summed E-state index contributed by atoms with van der Waals surface area (Å²) in [4.78, 5) is 29.2. The van der Waals surface area contributed by atoms with Crippen molar-refractivity contribution in [3.63, 3.8) is 0 Å². The number of hydrogen-bond acceptors (Lipinski definition) is 5. The van der Waals surface area contributed by atoms with Crippen molar-refractivity contribution < 1.29 is 14.3 Å². The number of halogens is 1. The number of aromatic nitrogens is 4. The van der Waals surface area contributed by atoms with E-state index in [1.807, 2.05) is 36.4 Å². The number of aromatic amines is 1. The number of benzene rings is 1. The van der Waals surface area contributed by atoms with Gasteiger partial charge in [-0.1, -0.05) is 30.3 Å². The molecule has 8 heteroatoms. The number of anilines is 1. The molecular formula is C27H26FN5O2. The molecule has 0 amide bonds. The normalized spacial score (nSPS) is 23.5. The molecule has 2 bridgehead atoms. The molecule has 2 atom stereocenters. The predicted octanol–water partition coefficient (Wildman–Crippen LogP) is 5.44. The highest BCUT2D eigenvalue weighted by molar-refractivity contribution is 5.92. The van der Waals surface area contributed by atoms with Gasteiger partial charge in [-0.3, -0.25) is 4.79 Å². The summed E-state index contributed by atoms with van der Waals surface area (Å²) < 4.78 is 14.4. The number of aryl methyl sites for hydroxylation is 1. The lowest BCUT2D eigenvalue weighted by Gasteiger charge is -2.47. The fraction of sp³-hybridized carbons (Fsp3) is 0.333. The Morgan fingerprint density at radius 2 is 1.80 bits per heavy atom. The Kier molecular flexibility index (Phi) is 5.24. The van der Waals surface area contributed by atoms with Crippen LogP contribution in [0.4, 0.5) is 10.2 Å². The first kappa shape index (κ1) is 21.7. The van der Waals surface area contributed by atoms with Crippen LogP contribution in [-0.2, 0) is 4.79 Å². The van der Waals surface area contributed by atoms with Gasteiger partial charge in [-0.2, -0.15) is 0 Å². The van der Waals surface area contributed by atoms with E-state index in [9.17, 15) is 14.3 Å². The van der Waals surface area contributed by atoms with Crippen LogP contribution in [0.1, 0.15) is 31.4 Å². The molecule has 35 heavy (non-hydrogen) atoms. The van der Waals surface area contributed by atoms with Crippen molar-refractivity contribution in [2.75, 3.05) is 5.32 Å². The fourth-order valence-electron chi connectivity index (χ4n) is 5.88. The molecule has 3 aliphatic rings. The summed E-state index contributed by atoms with van der Waals surface area (Å²) in [5.74, 6) is -0.0766. The first-order valence-electron chi connectivity index (χ1n) is 12.1. The van der Waals surface area contributed by atoms with Gasteiger partial charge < -0.3 is 15.4 Å². The summed E-state index contributed by atoms with van der Waals surface area (Å²) in [6.45, 7) is 1.63. The van der Waals surface area contributed by atoms with Crippen molar-refractivity contribution >= 4 is 22.8 Å². The SMILES string of the molecule is Cc1nc2[nH]cc(-c3nc(NC4C5CCC(CC5)C4C(=O)O)cc(-c4ccccc4)n3)c2cc1F. The average Bonchev–Trinajstić information content (AvgIpc) is 3.27. The van der Waals surface area contributed by atoms with Crippen LogP contribution in [0.25, 0.3) is 33.7 Å². The molecule has 0 saturated heterocycles. The second-order valence-electron chi connectivity index (χ2n) is 9.69. The molecule has 4 aromatic rings. The largest absolute Gasteiger partial charge is 0.481 e. The summed E-state index contributed by atoms with van der Waals surface area (Å²) in [6, 6.07) is 12.9. The van der Waals surface area contributed by atoms with Crippen molar-refractivity contribution in [1.29, 1.82) is 0 Å². The first-order valence-corrected chi connectivity index (χ1v) is 12.1. The van der Waals surface area contributed by atoms with Gasteiger partial charge in [0.05, 0.1) is 17.3 Å². The second-order valence-corrected chi connectivity index (χ2v) is 9.69. The number of hydrogen-bond donors (Lipinski definition) is 3. The van der Waals surface area contributed by atoms with E-state index >= 15 is 0 Å². The topological polar surface area (TPSA) is 104 Å². The Hall–Kier alpha value is -3.81. The zero-order valence-corrected chi connectivity index (χ0v) is 19.3. The zero-order valence-electron chi connectivity index (χ0n) is 19.3. The van der Waals surface area contributed by atoms with E-state index in [0.29, 0.717) is 45.5 Å². The highest BCUT2D eigenvalue weighted by Gasteiger charge is 2.47. The minimum Gasteiger partial charge on any atom is -0.481 e. The third kappa shape index (κ3) is 3.83. The highest BCUT2D eigenvalue weighted by atomic mass is 19.1. The quantitative estimate of drug-likeness (QED) is 0.358. The number of pyridine rings is 1. The molecule has 7 nitrogen and oxygen atoms in total. The number of rotatable bonds is 5. The van der Waals surface area contributed by atoms with E-state index < -0.39 is 17.7 Å². The molecule has 3 N–H and O–H groups in total. The van der Waals surface area contributed by atoms with Crippen molar-refractivity contribution in [3.05, 3.63) is 60.2 Å². The molecular weight excluding hydrogens is 445 g/mol. The van der Waals surface area contributed by atoms with Crippen LogP contribution in [0.5, 0.6) is 0 Å². The second kappa shape index (κ2) is 8.45. The van der Waals surface area contributed by atoms with Gasteiger partial charge in [-0.25, -0.2) is 19.3 Å². The van der Waals surface area contributed by atoms with Crippen LogP contribution in [0.3, 0.4) is 0 Å². The maximum atomic E-state index is 14.4. The van der Waals surface area contributed by atoms with Crippen molar-refractivity contribution in [1.82, 2.24) is 19.9 Å². The van der Waals surface area contributed by atoms with Crippen LogP contribution < -0.4 is 5.32 Å². The van der Waals surface area contributed by atoms with E-state index in [2.05, 4.69) is 15.3 Å². The first-order chi connectivity index (χ1) is 17.0. The standard InChI is InChI=1S/C27H26FN5O2/c1-14-20(28)11-18-19(13-29-25(18)30-14)26-31-21(15-5-3-2-4-6-15)12-22(33-26)32-24-17-9-7-16(8-10-17)23(24)27(34)35/h2-6,11-13,16-17,23-24H,7-10H2,1H3,(H,29,30)(H,34,35)(H,31,32,33). The van der Waals surface area contributed by atoms with Crippen molar-refractivity contribution in [3.8, 4) is 22.6 Å². The third-order valence-electron chi connectivity index (χ3n) is 7.65. The lowest BCUT2D eigenvalue weighted by atomic mass is 9.61. The van der Waals surface area contributed by atoms with Gasteiger partial charge in [0.1, 0.15) is 17.3 Å². The third-order valence-corrected chi connectivity index (χ3v) is 7.65. The summed E-state index contributed by atoms with van der Waals surface area (Å²) in [6.07, 6.45) is 5.74. The lowest BCUT2D eigenvalue weighted by Crippen LogP contribution is -2.51. The van der Waals surface area contributed by atoms with Gasteiger partial charge in [0.25, 0.3) is 0 Å². The van der Waals surface area contributed by atoms with Crippen LogP contribution in [0.15, 0.2) is 48.7 Å². The average molecular weight is 472 g/mol. The Morgan fingerprint density at radius 3 is 2.54 bits per heavy atom. The van der Waals surface area contributed by atoms with Gasteiger partial charge in [0.2, 0.25) is 0 Å². The predicted molar refractivity (Wildman–Crippen MR) is 131 cm³/mol. The lowest BCUT2D eigenvalue weighted by molar-refractivity contribution is -0.148. The molecule has 3 heterocycles. The minimum atomic E-state index is -0.747. The Labute approximate surface area is 201 Å². The van der Waals surface area contributed by atoms with Crippen molar-refractivity contribution in [2.45, 2.75) is 38.6 Å². The number of carboxylic acid groups (broad SMARTS) is 1. The van der Waals surface area contributed by atoms with E-state index in [1.165, 1.54) is 6.07 Å². The zero-order chi connectivity index (χ0) is 24.1. The van der Waals surface area contributed by atoms with E-state index in [-0.39, 0.29) is 12.0 Å². The monoisotopic (exact) mass is 471 g/mol. The van der Waals surface area contributed by atoms with Crippen LogP contribution in [0.2, 0.25) is 0 Å². The van der Waals surface area contributed by atoms with Gasteiger partial charge in [-0.05, 0) is 50.5 Å². The van der Waals surface area contributed by atoms with Crippen LogP contribution >= 0.6 is 0 Å². The van der Waals surface area contributed by atoms with Gasteiger partial charge >= 0.3 is 5.97 Å². The Bertz CT molecular complexity index is 1410. The molecule has 178 valence electrons. The summed E-state index contributed by atoms with van der Waals surface area (Å²) in [5.41, 5.74) is 3.16. The molecule has 2 unspecified atom stereocenters. The number of fused-ring (bicyclic) bond motifs is 4. The Balaban J connectivity index is 1.46. The van der Waals surface area contributed by atoms with Gasteiger partial charge in [-0.15, -0.1) is 0 Å². The molecule has 0 radical (unpaired) electrons. The summed E-state index contributed by atoms with van der Waals surface area (Å²) in [7, 11) is 0. The van der Waals surface area contributed by atoms with E-state index in [4.69, 9.17) is 9.97 Å². The molecule has 1 aromatic carbocycles. The smallest absolute Gasteiger partial charge is 0.308 e. The highest BCUT2D eigenvalue weighted by Crippen LogP contribution is 2.46. The number of carbonyl (C=O) groups is 1. The Morgan fingerprint density at radius 1 is 1.06 bits per heavy atom. The number of aliphatic carboxylic acids is 1. The van der Waals surface area contributed by atoms with Gasteiger partial charge in [0, 0.05) is 34.8 Å². The number of nitrogens with one attached hydrogen (secondary N) is 2. The van der Waals surface area contributed by atoms with Crippen molar-refractivity contribution in [2.24, 2.45) is 17.8 Å². The number of nitrogens with zero attached hydrogens (tertiary/aromatic N) is 3. The van der Waals surface area contributed by atoms with E-state index in [0.717, 1.165) is 31.2 Å². The number of carboxylic acids is 1. The van der Waals surface area contributed by atoms with Crippen LogP contribution in [-0.4, -0.2) is 37.1 Å². The summed E-state index contributed by atoms with van der Waals surface area (Å²) in [5, 5.41) is 14.1. The molecule has 3 aromatic heterocycles. The molecule has 3 fully saturated rings. The molecule has 7 rings (SSSR count). The van der Waals surface area contributed by atoms with Crippen LogP contribution in [0, 0.1) is 30.5 Å². The molecule has 0 spiro atoms. The van der Waals surface area contributed by atoms with E-state index in [1.54, 1.807) is 13.1 Å². The molecule has 3 saturated carbocycles. The number of H-pyrrole nitrogens is 1. The van der Waals surface area contributed by atoms with Gasteiger partial charge in [0.15, 0.2) is 5.82 Å². The molecule has 3 aliphatic carbocycles. The minimum absolute atomic E-state index is 0.184.